The predicted molar refractivity (Wildman–Crippen MR) is 72.7 cm³/mol. The molecule has 0 radical (unpaired) electrons. The minimum absolute atomic E-state index is 0.147. The molecule has 2 rings (SSSR count). The van der Waals surface area contributed by atoms with Crippen LogP contribution in [0.3, 0.4) is 0 Å². The van der Waals surface area contributed by atoms with Gasteiger partial charge in [0.2, 0.25) is 0 Å². The summed E-state index contributed by atoms with van der Waals surface area (Å²) in [4.78, 5) is 2.18. The van der Waals surface area contributed by atoms with E-state index in [2.05, 4.69) is 19.0 Å². The molecule has 3 unspecified atom stereocenters. The lowest BCUT2D eigenvalue weighted by atomic mass is 9.73. The van der Waals surface area contributed by atoms with Crippen LogP contribution in [0.2, 0.25) is 0 Å². The highest BCUT2D eigenvalue weighted by Crippen LogP contribution is 2.39. The van der Waals surface area contributed by atoms with Crippen LogP contribution in [0.1, 0.15) is 30.7 Å². The fraction of sp³-hybridized carbons (Fsp3) is 0.600. The number of nitrogens with zero attached hydrogens (tertiary/aromatic N) is 1. The minimum Gasteiger partial charge on any atom is -0.508 e. The topological polar surface area (TPSA) is 43.7 Å². The largest absolute Gasteiger partial charge is 0.508 e. The van der Waals surface area contributed by atoms with Gasteiger partial charge < -0.3 is 15.1 Å². The molecule has 0 saturated heterocycles. The average molecular weight is 249 g/mol. The van der Waals surface area contributed by atoms with Crippen molar-refractivity contribution in [3.63, 3.8) is 0 Å². The summed E-state index contributed by atoms with van der Waals surface area (Å²) in [5, 5.41) is 19.9. The SMILES string of the molecule is CN(C)CC1CCCC(O)C1c1cccc(O)c1. The third-order valence-electron chi connectivity index (χ3n) is 3.85. The van der Waals surface area contributed by atoms with E-state index in [1.165, 1.54) is 0 Å². The quantitative estimate of drug-likeness (QED) is 0.863. The molecule has 100 valence electrons. The van der Waals surface area contributed by atoms with Gasteiger partial charge in [0.1, 0.15) is 5.75 Å². The maximum Gasteiger partial charge on any atom is 0.115 e. The highest BCUT2D eigenvalue weighted by molar-refractivity contribution is 5.31. The number of aliphatic hydroxyl groups excluding tert-OH is 1. The number of phenols is 1. The zero-order valence-corrected chi connectivity index (χ0v) is 11.2. The Morgan fingerprint density at radius 1 is 1.28 bits per heavy atom. The number of benzene rings is 1. The third-order valence-corrected chi connectivity index (χ3v) is 3.85. The van der Waals surface area contributed by atoms with Crippen molar-refractivity contribution in [2.24, 2.45) is 5.92 Å². The predicted octanol–water partition coefficient (Wildman–Crippen LogP) is 2.20. The van der Waals surface area contributed by atoms with Gasteiger partial charge in [-0.1, -0.05) is 18.6 Å². The minimum atomic E-state index is -0.287. The Morgan fingerprint density at radius 3 is 2.72 bits per heavy atom. The normalized spacial score (nSPS) is 28.6. The zero-order chi connectivity index (χ0) is 13.1. The molecule has 18 heavy (non-hydrogen) atoms. The standard InChI is InChI=1S/C15H23NO2/c1-16(2)10-12-6-4-8-14(18)15(12)11-5-3-7-13(17)9-11/h3,5,7,9,12,14-15,17-18H,4,6,8,10H2,1-2H3. The van der Waals surface area contributed by atoms with E-state index in [9.17, 15) is 10.2 Å². The lowest BCUT2D eigenvalue weighted by Crippen LogP contribution is -2.36. The summed E-state index contributed by atoms with van der Waals surface area (Å²) in [5.41, 5.74) is 1.06. The Morgan fingerprint density at radius 2 is 2.06 bits per heavy atom. The molecule has 2 N–H and O–H groups in total. The van der Waals surface area contributed by atoms with E-state index in [-0.39, 0.29) is 17.8 Å². The van der Waals surface area contributed by atoms with E-state index in [4.69, 9.17) is 0 Å². The van der Waals surface area contributed by atoms with Crippen molar-refractivity contribution in [3.8, 4) is 5.75 Å². The summed E-state index contributed by atoms with van der Waals surface area (Å²) in [7, 11) is 4.14. The first-order valence-electron chi connectivity index (χ1n) is 6.69. The fourth-order valence-electron chi connectivity index (χ4n) is 3.16. The molecule has 0 amide bonds. The maximum atomic E-state index is 10.3. The Hall–Kier alpha value is -1.06. The first-order chi connectivity index (χ1) is 8.58. The molecule has 1 aromatic rings. The summed E-state index contributed by atoms with van der Waals surface area (Å²) in [6, 6.07) is 7.35. The molecule has 1 fully saturated rings. The van der Waals surface area contributed by atoms with Crippen LogP contribution in [0.15, 0.2) is 24.3 Å². The van der Waals surface area contributed by atoms with E-state index < -0.39 is 0 Å². The highest BCUT2D eigenvalue weighted by atomic mass is 16.3. The first kappa shape index (κ1) is 13.4. The second kappa shape index (κ2) is 5.72. The lowest BCUT2D eigenvalue weighted by molar-refractivity contribution is 0.0638. The molecular formula is C15H23NO2. The van der Waals surface area contributed by atoms with Crippen LogP contribution in [0, 0.1) is 5.92 Å². The number of rotatable bonds is 3. The van der Waals surface area contributed by atoms with Crippen LogP contribution < -0.4 is 0 Å². The van der Waals surface area contributed by atoms with Gasteiger partial charge in [-0.3, -0.25) is 0 Å². The summed E-state index contributed by atoms with van der Waals surface area (Å²) in [6.45, 7) is 0.984. The van der Waals surface area contributed by atoms with Crippen molar-refractivity contribution >= 4 is 0 Å². The molecule has 0 aliphatic heterocycles. The zero-order valence-electron chi connectivity index (χ0n) is 11.2. The molecule has 1 saturated carbocycles. The first-order valence-corrected chi connectivity index (χ1v) is 6.69. The van der Waals surface area contributed by atoms with Crippen molar-refractivity contribution in [2.75, 3.05) is 20.6 Å². The van der Waals surface area contributed by atoms with Crippen molar-refractivity contribution in [3.05, 3.63) is 29.8 Å². The molecule has 1 aromatic carbocycles. The summed E-state index contributed by atoms with van der Waals surface area (Å²) >= 11 is 0. The van der Waals surface area contributed by atoms with E-state index in [1.807, 2.05) is 12.1 Å². The average Bonchev–Trinajstić information content (AvgIpc) is 2.28. The van der Waals surface area contributed by atoms with Crippen molar-refractivity contribution in [1.82, 2.24) is 4.90 Å². The summed E-state index contributed by atoms with van der Waals surface area (Å²) < 4.78 is 0. The summed E-state index contributed by atoms with van der Waals surface area (Å²) in [5.74, 6) is 0.896. The van der Waals surface area contributed by atoms with Gasteiger partial charge in [0, 0.05) is 12.5 Å². The van der Waals surface area contributed by atoms with Crippen molar-refractivity contribution < 1.29 is 10.2 Å². The van der Waals surface area contributed by atoms with Crippen molar-refractivity contribution in [2.45, 2.75) is 31.3 Å². The number of hydrogen-bond donors (Lipinski definition) is 2. The van der Waals surface area contributed by atoms with Crippen molar-refractivity contribution in [1.29, 1.82) is 0 Å². The van der Waals surface area contributed by atoms with E-state index >= 15 is 0 Å². The maximum absolute atomic E-state index is 10.3. The number of aromatic hydroxyl groups is 1. The van der Waals surface area contributed by atoms with Gasteiger partial charge >= 0.3 is 0 Å². The van der Waals surface area contributed by atoms with Gasteiger partial charge in [-0.05, 0) is 50.6 Å². The molecule has 3 atom stereocenters. The van der Waals surface area contributed by atoms with Gasteiger partial charge in [-0.25, -0.2) is 0 Å². The number of hydrogen-bond acceptors (Lipinski definition) is 3. The van der Waals surface area contributed by atoms with Gasteiger partial charge in [0.25, 0.3) is 0 Å². The molecule has 1 aliphatic carbocycles. The molecule has 3 nitrogen and oxygen atoms in total. The van der Waals surface area contributed by atoms with Crippen LogP contribution in [-0.2, 0) is 0 Å². The van der Waals surface area contributed by atoms with Crippen LogP contribution in [-0.4, -0.2) is 41.9 Å². The third kappa shape index (κ3) is 3.03. The van der Waals surface area contributed by atoms with E-state index in [0.29, 0.717) is 5.92 Å². The van der Waals surface area contributed by atoms with Crippen LogP contribution in [0.25, 0.3) is 0 Å². The molecule has 0 heterocycles. The van der Waals surface area contributed by atoms with Crippen LogP contribution in [0.5, 0.6) is 5.75 Å². The van der Waals surface area contributed by atoms with Gasteiger partial charge in [0.15, 0.2) is 0 Å². The Balaban J connectivity index is 2.24. The Kier molecular flexibility index (Phi) is 4.25. The Bertz CT molecular complexity index is 392. The second-order valence-electron chi connectivity index (χ2n) is 5.64. The van der Waals surface area contributed by atoms with Gasteiger partial charge in [0.05, 0.1) is 6.10 Å². The number of aliphatic hydroxyl groups is 1. The smallest absolute Gasteiger partial charge is 0.115 e. The highest BCUT2D eigenvalue weighted by Gasteiger charge is 2.33. The monoisotopic (exact) mass is 249 g/mol. The molecule has 1 aliphatic rings. The van der Waals surface area contributed by atoms with Crippen LogP contribution in [0.4, 0.5) is 0 Å². The van der Waals surface area contributed by atoms with Gasteiger partial charge in [-0.2, -0.15) is 0 Å². The fourth-order valence-corrected chi connectivity index (χ4v) is 3.16. The molecule has 3 heteroatoms. The summed E-state index contributed by atoms with van der Waals surface area (Å²) in [6.07, 6.45) is 2.82. The second-order valence-corrected chi connectivity index (χ2v) is 5.64. The Labute approximate surface area is 109 Å². The molecule has 0 spiro atoms. The van der Waals surface area contributed by atoms with Crippen LogP contribution >= 0.6 is 0 Å². The number of phenolic OH excluding ortho intramolecular Hbond substituents is 1. The van der Waals surface area contributed by atoms with E-state index in [1.54, 1.807) is 12.1 Å². The molecule has 0 aromatic heterocycles. The van der Waals surface area contributed by atoms with Gasteiger partial charge in [-0.15, -0.1) is 0 Å². The molecule has 0 bridgehead atoms. The lowest BCUT2D eigenvalue weighted by Gasteiger charge is -2.37. The molecular weight excluding hydrogens is 226 g/mol. The van der Waals surface area contributed by atoms with E-state index in [0.717, 1.165) is 31.4 Å².